The largest absolute Gasteiger partial charge is 0.361 e. The van der Waals surface area contributed by atoms with Gasteiger partial charge in [-0.15, -0.1) is 0 Å². The monoisotopic (exact) mass is 489 g/mol. The lowest BCUT2D eigenvalue weighted by Crippen LogP contribution is -2.38. The van der Waals surface area contributed by atoms with Crippen LogP contribution in [0.25, 0.3) is 6.08 Å². The Morgan fingerprint density at radius 3 is 2.72 bits per heavy atom. The standard InChI is InChI=1S/C21H20BrN3O2S2/c1-13-5-3-8-17(14(13)2)24-20(28)23-9-10-25-19(26)18(29-21(25)27)12-15-6-4-7-16(22)11-15/h3-8,11-12H,9-10H2,1-2H3,(H2,23,24,28). The van der Waals surface area contributed by atoms with Crippen LogP contribution in [0.15, 0.2) is 51.8 Å². The van der Waals surface area contributed by atoms with E-state index in [2.05, 4.69) is 26.6 Å². The van der Waals surface area contributed by atoms with Crippen LogP contribution in [0, 0.1) is 13.8 Å². The summed E-state index contributed by atoms with van der Waals surface area (Å²) in [5, 5.41) is 6.40. The fraction of sp³-hybridized carbons (Fsp3) is 0.190. The number of thiocarbonyl (C=S) groups is 1. The first-order valence-electron chi connectivity index (χ1n) is 8.97. The number of nitrogens with zero attached hydrogens (tertiary/aromatic N) is 1. The van der Waals surface area contributed by atoms with Gasteiger partial charge in [0, 0.05) is 23.2 Å². The van der Waals surface area contributed by atoms with E-state index in [4.69, 9.17) is 12.2 Å². The van der Waals surface area contributed by atoms with Gasteiger partial charge in [-0.3, -0.25) is 14.5 Å². The Hall–Kier alpha value is -2.16. The summed E-state index contributed by atoms with van der Waals surface area (Å²) in [6.45, 7) is 4.69. The number of carbonyl (C=O) groups is 2. The van der Waals surface area contributed by atoms with Gasteiger partial charge >= 0.3 is 0 Å². The number of anilines is 1. The molecule has 0 aliphatic carbocycles. The number of thioether (sulfide) groups is 1. The van der Waals surface area contributed by atoms with Gasteiger partial charge in [-0.2, -0.15) is 0 Å². The zero-order chi connectivity index (χ0) is 21.0. The van der Waals surface area contributed by atoms with Crippen LogP contribution < -0.4 is 10.6 Å². The molecule has 3 rings (SSSR count). The number of carbonyl (C=O) groups excluding carboxylic acids is 2. The highest BCUT2D eigenvalue weighted by Crippen LogP contribution is 2.32. The lowest BCUT2D eigenvalue weighted by atomic mass is 10.1. The molecule has 2 aromatic rings. The van der Waals surface area contributed by atoms with E-state index in [0.717, 1.165) is 33.0 Å². The molecule has 0 saturated carbocycles. The third kappa shape index (κ3) is 5.46. The fourth-order valence-corrected chi connectivity index (χ4v) is 4.27. The summed E-state index contributed by atoms with van der Waals surface area (Å²) in [5.41, 5.74) is 4.10. The maximum atomic E-state index is 12.6. The van der Waals surface area contributed by atoms with Crippen LogP contribution in [0.1, 0.15) is 16.7 Å². The average Bonchev–Trinajstić information content (AvgIpc) is 2.93. The van der Waals surface area contributed by atoms with E-state index in [9.17, 15) is 9.59 Å². The minimum absolute atomic E-state index is 0.245. The van der Waals surface area contributed by atoms with Crippen LogP contribution in [0.3, 0.4) is 0 Å². The fourth-order valence-electron chi connectivity index (χ4n) is 2.77. The van der Waals surface area contributed by atoms with Crippen molar-refractivity contribution < 1.29 is 9.59 Å². The number of rotatable bonds is 5. The van der Waals surface area contributed by atoms with Crippen LogP contribution in [0.4, 0.5) is 10.5 Å². The number of amides is 2. The predicted molar refractivity (Wildman–Crippen MR) is 127 cm³/mol. The summed E-state index contributed by atoms with van der Waals surface area (Å²) < 4.78 is 0.916. The maximum absolute atomic E-state index is 12.6. The molecular formula is C21H20BrN3O2S2. The Morgan fingerprint density at radius 1 is 1.21 bits per heavy atom. The molecule has 0 bridgehead atoms. The van der Waals surface area contributed by atoms with E-state index in [-0.39, 0.29) is 17.7 Å². The van der Waals surface area contributed by atoms with Crippen molar-refractivity contribution in [1.82, 2.24) is 10.2 Å². The zero-order valence-corrected chi connectivity index (χ0v) is 19.2. The van der Waals surface area contributed by atoms with Gasteiger partial charge in [0.15, 0.2) is 5.11 Å². The lowest BCUT2D eigenvalue weighted by molar-refractivity contribution is -0.122. The zero-order valence-electron chi connectivity index (χ0n) is 16.0. The summed E-state index contributed by atoms with van der Waals surface area (Å²) in [6.07, 6.45) is 1.73. The highest BCUT2D eigenvalue weighted by Gasteiger charge is 2.34. The van der Waals surface area contributed by atoms with Gasteiger partial charge in [-0.1, -0.05) is 40.2 Å². The van der Waals surface area contributed by atoms with Crippen LogP contribution in [-0.2, 0) is 4.79 Å². The molecule has 8 heteroatoms. The Bertz CT molecular complexity index is 1010. The van der Waals surface area contributed by atoms with Crippen molar-refractivity contribution in [3.05, 3.63) is 68.5 Å². The van der Waals surface area contributed by atoms with Gasteiger partial charge in [0.2, 0.25) is 0 Å². The molecule has 1 aliphatic rings. The number of aryl methyl sites for hydroxylation is 1. The second kappa shape index (κ2) is 9.56. The Kier molecular flexibility index (Phi) is 7.10. The number of benzene rings is 2. The van der Waals surface area contributed by atoms with Gasteiger partial charge < -0.3 is 10.6 Å². The molecular weight excluding hydrogens is 470 g/mol. The smallest absolute Gasteiger partial charge is 0.293 e. The molecule has 0 spiro atoms. The van der Waals surface area contributed by atoms with E-state index in [0.29, 0.717) is 16.6 Å². The van der Waals surface area contributed by atoms with Gasteiger partial charge in [0.1, 0.15) is 0 Å². The molecule has 2 aromatic carbocycles. The molecule has 1 saturated heterocycles. The van der Waals surface area contributed by atoms with Crippen molar-refractivity contribution >= 4 is 67.9 Å². The molecule has 2 N–H and O–H groups in total. The molecule has 29 heavy (non-hydrogen) atoms. The number of hydrogen-bond acceptors (Lipinski definition) is 4. The van der Waals surface area contributed by atoms with Crippen LogP contribution in [0.5, 0.6) is 0 Å². The van der Waals surface area contributed by atoms with E-state index in [1.807, 2.05) is 56.3 Å². The molecule has 1 aliphatic heterocycles. The normalized spacial score (nSPS) is 15.1. The minimum Gasteiger partial charge on any atom is -0.361 e. The number of imide groups is 1. The predicted octanol–water partition coefficient (Wildman–Crippen LogP) is 5.09. The van der Waals surface area contributed by atoms with Crippen molar-refractivity contribution in [2.75, 3.05) is 18.4 Å². The van der Waals surface area contributed by atoms with E-state index >= 15 is 0 Å². The molecule has 0 aromatic heterocycles. The molecule has 0 unspecified atom stereocenters. The number of nitrogens with one attached hydrogen (secondary N) is 2. The minimum atomic E-state index is -0.282. The topological polar surface area (TPSA) is 61.4 Å². The molecule has 5 nitrogen and oxygen atoms in total. The van der Waals surface area contributed by atoms with Crippen molar-refractivity contribution in [3.8, 4) is 0 Å². The van der Waals surface area contributed by atoms with Crippen molar-refractivity contribution in [2.24, 2.45) is 0 Å². The van der Waals surface area contributed by atoms with Crippen LogP contribution in [-0.4, -0.2) is 34.2 Å². The van der Waals surface area contributed by atoms with Crippen LogP contribution in [0.2, 0.25) is 0 Å². The number of halogens is 1. The van der Waals surface area contributed by atoms with Crippen molar-refractivity contribution in [3.63, 3.8) is 0 Å². The number of hydrogen-bond donors (Lipinski definition) is 2. The van der Waals surface area contributed by atoms with E-state index < -0.39 is 0 Å². The first kappa shape index (κ1) is 21.5. The summed E-state index contributed by atoms with van der Waals surface area (Å²) >= 11 is 9.69. The molecule has 150 valence electrons. The summed E-state index contributed by atoms with van der Waals surface area (Å²) in [7, 11) is 0. The quantitative estimate of drug-likeness (QED) is 0.450. The van der Waals surface area contributed by atoms with Crippen molar-refractivity contribution in [2.45, 2.75) is 13.8 Å². The third-order valence-corrected chi connectivity index (χ3v) is 6.14. The molecule has 2 amide bonds. The van der Waals surface area contributed by atoms with Gasteiger partial charge in [0.25, 0.3) is 11.1 Å². The van der Waals surface area contributed by atoms with E-state index in [1.165, 1.54) is 10.5 Å². The molecule has 0 atom stereocenters. The summed E-state index contributed by atoms with van der Waals surface area (Å²) in [6, 6.07) is 13.5. The van der Waals surface area contributed by atoms with Gasteiger partial charge in [-0.05, 0) is 78.8 Å². The molecule has 0 radical (unpaired) electrons. The molecule has 1 heterocycles. The SMILES string of the molecule is Cc1cccc(NC(=S)NCCN2C(=O)SC(=Cc3cccc(Br)c3)C2=O)c1C. The van der Waals surface area contributed by atoms with E-state index in [1.54, 1.807) is 6.08 Å². The second-order valence-electron chi connectivity index (χ2n) is 6.52. The molecule has 1 fully saturated rings. The van der Waals surface area contributed by atoms with Crippen molar-refractivity contribution in [1.29, 1.82) is 0 Å². The first-order chi connectivity index (χ1) is 13.8. The second-order valence-corrected chi connectivity index (χ2v) is 8.83. The Balaban J connectivity index is 1.55. The average molecular weight is 490 g/mol. The van der Waals surface area contributed by atoms with Crippen LogP contribution >= 0.6 is 39.9 Å². The Morgan fingerprint density at radius 2 is 1.97 bits per heavy atom. The summed E-state index contributed by atoms with van der Waals surface area (Å²) in [4.78, 5) is 26.5. The summed E-state index contributed by atoms with van der Waals surface area (Å²) in [5.74, 6) is -0.282. The van der Waals surface area contributed by atoms with Gasteiger partial charge in [0.05, 0.1) is 4.91 Å². The highest BCUT2D eigenvalue weighted by atomic mass is 79.9. The first-order valence-corrected chi connectivity index (χ1v) is 11.0. The van der Waals surface area contributed by atoms with Gasteiger partial charge in [-0.25, -0.2) is 0 Å². The third-order valence-electron chi connectivity index (χ3n) is 4.49. The lowest BCUT2D eigenvalue weighted by Gasteiger charge is -2.16. The Labute approximate surface area is 188 Å². The maximum Gasteiger partial charge on any atom is 0.293 e. The highest BCUT2D eigenvalue weighted by molar-refractivity contribution is 9.10.